The number of carbonyl (C=O) groups is 1. The van der Waals surface area contributed by atoms with Crippen LogP contribution in [0.25, 0.3) is 0 Å². The molecule has 12 heteroatoms. The molecular weight excluding hydrogens is 495 g/mol. The number of unbranched alkanes of at least 4 members (excludes halogenated alkanes) is 1. The molecule has 1 aliphatic rings. The number of imidazole rings is 1. The highest BCUT2D eigenvalue weighted by molar-refractivity contribution is 7.89. The van der Waals surface area contributed by atoms with E-state index < -0.39 is 21.8 Å². The van der Waals surface area contributed by atoms with Crippen LogP contribution >= 0.6 is 0 Å². The first-order valence-electron chi connectivity index (χ1n) is 12.1. The summed E-state index contributed by atoms with van der Waals surface area (Å²) in [7, 11) is -2.12. The highest BCUT2D eigenvalue weighted by Gasteiger charge is 2.34. The van der Waals surface area contributed by atoms with Crippen LogP contribution in [0.4, 0.5) is 13.2 Å². The maximum atomic E-state index is 13.0. The normalized spacial score (nSPS) is 16.6. The van der Waals surface area contributed by atoms with Gasteiger partial charge in [-0.25, -0.2) is 13.4 Å². The second-order valence-corrected chi connectivity index (χ2v) is 11.1. The zero-order chi connectivity index (χ0) is 26.5. The minimum atomic E-state index is -4.35. The Morgan fingerprint density at radius 3 is 2.56 bits per heavy atom. The summed E-state index contributed by atoms with van der Waals surface area (Å²) in [5.41, 5.74) is 0.0211. The lowest BCUT2D eigenvalue weighted by molar-refractivity contribution is -0.137. The quantitative estimate of drug-likeness (QED) is 0.418. The molecule has 3 rings (SSSR count). The molecule has 36 heavy (non-hydrogen) atoms. The van der Waals surface area contributed by atoms with Crippen molar-refractivity contribution >= 4 is 15.9 Å². The Hall–Kier alpha value is -2.44. The third kappa shape index (κ3) is 7.07. The standard InChI is InChI=1S/C24H34F3N5O3S/c1-4-30(19(2)14-20-8-7-9-21(15-20)24(25,26)27)10-5-6-11-31-12-13-32(17-23(31)33)36(34,35)22-16-29(3)18-28-22/h7-9,15-16,18-19H,4-6,10-14,17H2,1-3H3. The van der Waals surface area contributed by atoms with E-state index in [1.807, 2.05) is 13.8 Å². The van der Waals surface area contributed by atoms with Gasteiger partial charge in [-0.05, 0) is 50.9 Å². The fourth-order valence-electron chi connectivity index (χ4n) is 4.44. The zero-order valence-electron chi connectivity index (χ0n) is 20.9. The van der Waals surface area contributed by atoms with Crippen molar-refractivity contribution in [3.05, 3.63) is 47.9 Å². The summed E-state index contributed by atoms with van der Waals surface area (Å²) in [5, 5.41) is -0.0647. The van der Waals surface area contributed by atoms with Crippen molar-refractivity contribution in [1.29, 1.82) is 0 Å². The number of carbonyl (C=O) groups excluding carboxylic acids is 1. The number of alkyl halides is 3. The Balaban J connectivity index is 1.44. The molecule has 2 aromatic rings. The summed E-state index contributed by atoms with van der Waals surface area (Å²) in [5.74, 6) is -0.231. The first kappa shape index (κ1) is 28.1. The molecule has 8 nitrogen and oxygen atoms in total. The first-order valence-corrected chi connectivity index (χ1v) is 13.5. The molecule has 0 spiro atoms. The maximum absolute atomic E-state index is 13.0. The number of sulfonamides is 1. The minimum Gasteiger partial charge on any atom is -0.340 e. The molecular formula is C24H34F3N5O3S. The number of likely N-dealkylation sites (N-methyl/N-ethyl adjacent to an activating group) is 1. The number of piperazine rings is 1. The number of rotatable bonds is 11. The average molecular weight is 530 g/mol. The maximum Gasteiger partial charge on any atom is 0.416 e. The second kappa shape index (κ2) is 11.7. The molecule has 1 aromatic heterocycles. The Morgan fingerprint density at radius 1 is 1.19 bits per heavy atom. The molecule has 0 bridgehead atoms. The van der Waals surface area contributed by atoms with Crippen LogP contribution in [0.2, 0.25) is 0 Å². The van der Waals surface area contributed by atoms with E-state index in [1.165, 1.54) is 29.0 Å². The fourth-order valence-corrected chi connectivity index (χ4v) is 5.78. The van der Waals surface area contributed by atoms with Crippen LogP contribution in [0.3, 0.4) is 0 Å². The van der Waals surface area contributed by atoms with Gasteiger partial charge in [-0.15, -0.1) is 0 Å². The van der Waals surface area contributed by atoms with E-state index in [9.17, 15) is 26.4 Å². The number of hydrogen-bond donors (Lipinski definition) is 0. The monoisotopic (exact) mass is 529 g/mol. The molecule has 1 atom stereocenters. The number of benzene rings is 1. The number of nitrogens with zero attached hydrogens (tertiary/aromatic N) is 5. The molecule has 1 amide bonds. The molecule has 1 unspecified atom stereocenters. The van der Waals surface area contributed by atoms with Crippen molar-refractivity contribution in [2.24, 2.45) is 7.05 Å². The van der Waals surface area contributed by atoms with E-state index in [0.29, 0.717) is 25.1 Å². The summed E-state index contributed by atoms with van der Waals surface area (Å²) < 4.78 is 67.1. The molecule has 0 aliphatic carbocycles. The third-order valence-corrected chi connectivity index (χ3v) is 8.24. The van der Waals surface area contributed by atoms with Crippen LogP contribution < -0.4 is 0 Å². The molecule has 0 N–H and O–H groups in total. The van der Waals surface area contributed by atoms with Gasteiger partial charge >= 0.3 is 6.18 Å². The summed E-state index contributed by atoms with van der Waals surface area (Å²) in [6, 6.07) is 5.53. The lowest BCUT2D eigenvalue weighted by atomic mass is 10.0. The van der Waals surface area contributed by atoms with Crippen LogP contribution in [0.15, 0.2) is 41.8 Å². The van der Waals surface area contributed by atoms with Gasteiger partial charge in [0.1, 0.15) is 0 Å². The van der Waals surface area contributed by atoms with E-state index in [-0.39, 0.29) is 30.1 Å². The van der Waals surface area contributed by atoms with Gasteiger partial charge in [-0.3, -0.25) is 4.79 Å². The van der Waals surface area contributed by atoms with Crippen molar-refractivity contribution in [3.8, 4) is 0 Å². The Kier molecular flexibility index (Phi) is 9.18. The molecule has 1 saturated heterocycles. The number of amides is 1. The van der Waals surface area contributed by atoms with Gasteiger partial charge in [-0.2, -0.15) is 17.5 Å². The van der Waals surface area contributed by atoms with Crippen molar-refractivity contribution in [3.63, 3.8) is 0 Å². The molecule has 0 saturated carbocycles. The van der Waals surface area contributed by atoms with Crippen molar-refractivity contribution in [2.45, 2.75) is 50.4 Å². The van der Waals surface area contributed by atoms with Gasteiger partial charge in [0, 0.05) is 38.9 Å². The number of hydrogen-bond acceptors (Lipinski definition) is 5. The van der Waals surface area contributed by atoms with Gasteiger partial charge < -0.3 is 14.4 Å². The molecule has 1 aliphatic heterocycles. The average Bonchev–Trinajstić information content (AvgIpc) is 3.26. The smallest absolute Gasteiger partial charge is 0.340 e. The largest absolute Gasteiger partial charge is 0.416 e. The van der Waals surface area contributed by atoms with E-state index in [1.54, 1.807) is 22.6 Å². The van der Waals surface area contributed by atoms with E-state index in [2.05, 4.69) is 9.88 Å². The van der Waals surface area contributed by atoms with E-state index >= 15 is 0 Å². The Labute approximate surface area is 210 Å². The molecule has 0 radical (unpaired) electrons. The van der Waals surface area contributed by atoms with Crippen molar-refractivity contribution in [2.75, 3.05) is 39.3 Å². The number of halogens is 3. The molecule has 1 aromatic carbocycles. The SMILES string of the molecule is CCN(CCCCN1CCN(S(=O)(=O)c2cn(C)cn2)CC1=O)C(C)Cc1cccc(C(F)(F)F)c1. The first-order chi connectivity index (χ1) is 16.9. The Bertz CT molecular complexity index is 1140. The van der Waals surface area contributed by atoms with Gasteiger partial charge in [0.15, 0.2) is 5.03 Å². The zero-order valence-corrected chi connectivity index (χ0v) is 21.7. The lowest BCUT2D eigenvalue weighted by Crippen LogP contribution is -2.52. The molecule has 2 heterocycles. The molecule has 200 valence electrons. The van der Waals surface area contributed by atoms with Gasteiger partial charge in [0.2, 0.25) is 5.91 Å². The number of aryl methyl sites for hydroxylation is 1. The van der Waals surface area contributed by atoms with Gasteiger partial charge in [0.05, 0.1) is 18.4 Å². The highest BCUT2D eigenvalue weighted by Crippen LogP contribution is 2.30. The van der Waals surface area contributed by atoms with Gasteiger partial charge in [0.25, 0.3) is 10.0 Å². The van der Waals surface area contributed by atoms with Crippen molar-refractivity contribution < 1.29 is 26.4 Å². The summed E-state index contributed by atoms with van der Waals surface area (Å²) in [4.78, 5) is 20.4. The van der Waals surface area contributed by atoms with Crippen LogP contribution in [-0.4, -0.2) is 83.3 Å². The van der Waals surface area contributed by atoms with Gasteiger partial charge in [-0.1, -0.05) is 25.1 Å². The molecule has 1 fully saturated rings. The number of aromatic nitrogens is 2. The van der Waals surface area contributed by atoms with Crippen LogP contribution in [0.1, 0.15) is 37.8 Å². The lowest BCUT2D eigenvalue weighted by Gasteiger charge is -2.33. The van der Waals surface area contributed by atoms with E-state index in [0.717, 1.165) is 32.0 Å². The second-order valence-electron chi connectivity index (χ2n) is 9.18. The predicted molar refractivity (Wildman–Crippen MR) is 130 cm³/mol. The van der Waals surface area contributed by atoms with E-state index in [4.69, 9.17) is 0 Å². The van der Waals surface area contributed by atoms with Crippen LogP contribution in [0, 0.1) is 0 Å². The fraction of sp³-hybridized carbons (Fsp3) is 0.583. The Morgan fingerprint density at radius 2 is 1.94 bits per heavy atom. The summed E-state index contributed by atoms with van der Waals surface area (Å²) in [6.07, 6.45) is 0.564. The minimum absolute atomic E-state index is 0.0647. The predicted octanol–water partition coefficient (Wildman–Crippen LogP) is 3.01. The summed E-state index contributed by atoms with van der Waals surface area (Å²) in [6.45, 7) is 6.45. The van der Waals surface area contributed by atoms with Crippen molar-refractivity contribution in [1.82, 2.24) is 23.7 Å². The summed E-state index contributed by atoms with van der Waals surface area (Å²) >= 11 is 0. The third-order valence-electron chi connectivity index (χ3n) is 6.51. The van der Waals surface area contributed by atoms with Crippen LogP contribution in [-0.2, 0) is 34.5 Å². The highest BCUT2D eigenvalue weighted by atomic mass is 32.2. The van der Waals surface area contributed by atoms with Crippen LogP contribution in [0.5, 0.6) is 0 Å². The topological polar surface area (TPSA) is 78.8 Å².